The van der Waals surface area contributed by atoms with Gasteiger partial charge in [0.15, 0.2) is 0 Å². The molecule has 0 aliphatic carbocycles. The fourth-order valence-corrected chi connectivity index (χ4v) is 2.94. The number of carboxylic acids is 2. The number of carbonyl (C=O) groups excluding carboxylic acids is 1. The molecule has 156 valence electrons. The second-order valence-corrected chi connectivity index (χ2v) is 7.05. The van der Waals surface area contributed by atoms with E-state index in [0.717, 1.165) is 12.8 Å². The molecule has 0 aromatic rings. The second kappa shape index (κ2) is 24.9. The Morgan fingerprint density at radius 3 is 1.46 bits per heavy atom. The molecule has 0 unspecified atom stereocenters. The molecule has 0 radical (unpaired) electrons. The van der Waals surface area contributed by atoms with E-state index >= 15 is 0 Å². The number of unbranched alkanes of at least 4 members (excludes halogenated alkanes) is 12. The van der Waals surface area contributed by atoms with Gasteiger partial charge in [0.2, 0.25) is 5.91 Å². The molecule has 0 aliphatic heterocycles. The number of rotatable bonds is 18. The molecule has 1 atom stereocenters. The molecular formula is C20H39K2NO5. The molecule has 8 heteroatoms. The zero-order valence-corrected chi connectivity index (χ0v) is 16.3. The Labute approximate surface area is 255 Å². The van der Waals surface area contributed by atoms with Gasteiger partial charge in [0, 0.05) is 6.42 Å². The number of carboxylic acid groups (broad SMARTS) is 2. The molecule has 0 saturated heterocycles. The normalized spacial score (nSPS) is 11.0. The number of aliphatic carboxylic acids is 2. The molecule has 0 saturated carbocycles. The van der Waals surface area contributed by atoms with Gasteiger partial charge in [-0.15, -0.1) is 0 Å². The molecule has 0 bridgehead atoms. The second-order valence-electron chi connectivity index (χ2n) is 7.05. The van der Waals surface area contributed by atoms with E-state index < -0.39 is 24.4 Å². The average Bonchev–Trinajstić information content (AvgIpc) is 2.58. The van der Waals surface area contributed by atoms with Gasteiger partial charge in [0.1, 0.15) is 6.04 Å². The Morgan fingerprint density at radius 1 is 0.714 bits per heavy atom. The van der Waals surface area contributed by atoms with Crippen LogP contribution in [-0.2, 0) is 14.4 Å². The van der Waals surface area contributed by atoms with Crippen molar-refractivity contribution >= 4 is 121 Å². The van der Waals surface area contributed by atoms with E-state index in [9.17, 15) is 14.4 Å². The molecule has 28 heavy (non-hydrogen) atoms. The topological polar surface area (TPSA) is 104 Å². The van der Waals surface area contributed by atoms with Crippen LogP contribution in [0.4, 0.5) is 0 Å². The van der Waals surface area contributed by atoms with Gasteiger partial charge >= 0.3 is 115 Å². The summed E-state index contributed by atoms with van der Waals surface area (Å²) in [6.45, 7) is 2.23. The van der Waals surface area contributed by atoms with Crippen molar-refractivity contribution in [3.05, 3.63) is 0 Å². The van der Waals surface area contributed by atoms with Crippen LogP contribution in [0.15, 0.2) is 0 Å². The van der Waals surface area contributed by atoms with Gasteiger partial charge in [0.05, 0.1) is 6.42 Å². The Balaban J connectivity index is -0.00000312. The number of hydrogen-bond acceptors (Lipinski definition) is 3. The molecule has 3 N–H and O–H groups in total. The summed E-state index contributed by atoms with van der Waals surface area (Å²) in [6.07, 6.45) is 15.5. The summed E-state index contributed by atoms with van der Waals surface area (Å²) in [5.74, 6) is -2.94. The first-order valence-electron chi connectivity index (χ1n) is 10.2. The third-order valence-electron chi connectivity index (χ3n) is 4.52. The first-order valence-corrected chi connectivity index (χ1v) is 10.2. The van der Waals surface area contributed by atoms with Crippen LogP contribution in [0.1, 0.15) is 103 Å². The van der Waals surface area contributed by atoms with Gasteiger partial charge < -0.3 is 15.5 Å². The van der Waals surface area contributed by atoms with E-state index in [2.05, 4.69) is 12.2 Å². The summed E-state index contributed by atoms with van der Waals surface area (Å²) in [7, 11) is 0. The van der Waals surface area contributed by atoms with Gasteiger partial charge in [-0.05, 0) is 6.42 Å². The first kappa shape index (κ1) is 34.3. The van der Waals surface area contributed by atoms with Crippen LogP contribution < -0.4 is 5.32 Å². The summed E-state index contributed by atoms with van der Waals surface area (Å²) in [4.78, 5) is 33.1. The van der Waals surface area contributed by atoms with Crippen molar-refractivity contribution in [2.75, 3.05) is 0 Å². The van der Waals surface area contributed by atoms with E-state index in [1.54, 1.807) is 0 Å². The summed E-state index contributed by atoms with van der Waals surface area (Å²) in [5, 5.41) is 19.8. The van der Waals surface area contributed by atoms with Crippen LogP contribution in [0.5, 0.6) is 0 Å². The summed E-state index contributed by atoms with van der Waals surface area (Å²) >= 11 is 0. The molecule has 0 fully saturated rings. The Hall–Kier alpha value is 1.68. The van der Waals surface area contributed by atoms with Crippen LogP contribution in [-0.4, -0.2) is 137 Å². The zero-order chi connectivity index (χ0) is 19.6. The van der Waals surface area contributed by atoms with Crippen molar-refractivity contribution in [2.45, 2.75) is 109 Å². The van der Waals surface area contributed by atoms with Crippen molar-refractivity contribution in [2.24, 2.45) is 0 Å². The maximum absolute atomic E-state index is 11.7. The van der Waals surface area contributed by atoms with E-state index in [-0.39, 0.29) is 115 Å². The van der Waals surface area contributed by atoms with E-state index in [0.29, 0.717) is 6.42 Å². The maximum atomic E-state index is 11.7. The van der Waals surface area contributed by atoms with Crippen LogP contribution in [0.25, 0.3) is 0 Å². The fourth-order valence-electron chi connectivity index (χ4n) is 2.94. The van der Waals surface area contributed by atoms with Crippen molar-refractivity contribution in [1.82, 2.24) is 5.32 Å². The van der Waals surface area contributed by atoms with Crippen molar-refractivity contribution in [1.29, 1.82) is 0 Å². The molecular weight excluding hydrogens is 412 g/mol. The number of hydrogen-bond donors (Lipinski definition) is 3. The van der Waals surface area contributed by atoms with Gasteiger partial charge in [-0.1, -0.05) is 84.0 Å². The fraction of sp³-hybridized carbons (Fsp3) is 0.850. The molecule has 6 nitrogen and oxygen atoms in total. The number of nitrogens with one attached hydrogen (secondary N) is 1. The van der Waals surface area contributed by atoms with Gasteiger partial charge in [0.25, 0.3) is 0 Å². The van der Waals surface area contributed by atoms with Crippen LogP contribution in [0, 0.1) is 0 Å². The monoisotopic (exact) mass is 451 g/mol. The Morgan fingerprint density at radius 2 is 1.11 bits per heavy atom. The van der Waals surface area contributed by atoms with Crippen LogP contribution in [0.3, 0.4) is 0 Å². The molecule has 0 aromatic carbocycles. The van der Waals surface area contributed by atoms with Crippen molar-refractivity contribution in [3.8, 4) is 0 Å². The van der Waals surface area contributed by atoms with E-state index in [1.807, 2.05) is 0 Å². The standard InChI is InChI=1S/C20H37NO5.2K.2H/c1-2-3-4-5-6-7-8-9-10-11-12-13-14-15-18(22)21-17(20(25)26)16-19(23)24;;;;/h17H,2-16H2,1H3,(H,21,22)(H,23,24)(H,25,26);;;;/t17-;;;;/m0..../s1. The van der Waals surface area contributed by atoms with Gasteiger partial charge in [-0.25, -0.2) is 4.79 Å². The predicted octanol–water partition coefficient (Wildman–Crippen LogP) is 3.21. The van der Waals surface area contributed by atoms with Gasteiger partial charge in [-0.2, -0.15) is 0 Å². The average molecular weight is 452 g/mol. The summed E-state index contributed by atoms with van der Waals surface area (Å²) in [5.41, 5.74) is 0. The third-order valence-corrected chi connectivity index (χ3v) is 4.52. The molecule has 0 aliphatic rings. The zero-order valence-electron chi connectivity index (χ0n) is 16.3. The third kappa shape index (κ3) is 24.0. The molecule has 0 heterocycles. The van der Waals surface area contributed by atoms with Crippen molar-refractivity contribution in [3.63, 3.8) is 0 Å². The van der Waals surface area contributed by atoms with Gasteiger partial charge in [-0.3, -0.25) is 9.59 Å². The molecule has 0 rings (SSSR count). The van der Waals surface area contributed by atoms with Crippen molar-refractivity contribution < 1.29 is 24.6 Å². The molecule has 0 aromatic heterocycles. The minimum absolute atomic E-state index is 0. The van der Waals surface area contributed by atoms with E-state index in [1.165, 1.54) is 64.2 Å². The molecule has 0 spiro atoms. The predicted molar refractivity (Wildman–Crippen MR) is 116 cm³/mol. The van der Waals surface area contributed by atoms with E-state index in [4.69, 9.17) is 10.2 Å². The number of amides is 1. The SMILES string of the molecule is CCCCCCCCCCCCCCCC(=O)N[C@@H](CC(=O)O)C(=O)O.[KH].[KH]. The molecule has 1 amide bonds. The Kier molecular flexibility index (Phi) is 30.6. The Bertz CT molecular complexity index is 408. The van der Waals surface area contributed by atoms with Crippen LogP contribution >= 0.6 is 0 Å². The quantitative estimate of drug-likeness (QED) is 0.219. The minimum atomic E-state index is -1.35. The summed E-state index contributed by atoms with van der Waals surface area (Å²) < 4.78 is 0. The number of carbonyl (C=O) groups is 3. The van der Waals surface area contributed by atoms with Crippen LogP contribution in [0.2, 0.25) is 0 Å². The first-order chi connectivity index (χ1) is 12.5. The summed E-state index contributed by atoms with van der Waals surface area (Å²) in [6, 6.07) is -1.35.